The second-order valence-electron chi connectivity index (χ2n) is 8.68. The molecule has 144 valence electrons. The molecule has 2 aliphatic carbocycles. The zero-order valence-electron chi connectivity index (χ0n) is 16.7. The quantitative estimate of drug-likeness (QED) is 0.460. The second-order valence-corrected chi connectivity index (χ2v) is 10.9. The molecule has 0 radical (unpaired) electrons. The molecule has 0 nitrogen and oxygen atoms in total. The number of aryl methyl sites for hydroxylation is 2. The summed E-state index contributed by atoms with van der Waals surface area (Å²) in [6.07, 6.45) is 7.35. The Morgan fingerprint density at radius 2 is 1.04 bits per heavy atom. The molecule has 0 heterocycles. The van der Waals surface area contributed by atoms with Crippen LogP contribution < -0.4 is 0 Å². The van der Waals surface area contributed by atoms with Crippen molar-refractivity contribution in [3.63, 3.8) is 0 Å². The fourth-order valence-corrected chi connectivity index (χ4v) is 7.27. The van der Waals surface area contributed by atoms with E-state index >= 15 is 0 Å². The van der Waals surface area contributed by atoms with E-state index in [0.717, 1.165) is 23.7 Å². The van der Waals surface area contributed by atoms with Crippen LogP contribution in [0.3, 0.4) is 0 Å². The molecule has 0 N–H and O–H groups in total. The van der Waals surface area contributed by atoms with Crippen LogP contribution in [0.25, 0.3) is 0 Å². The minimum atomic E-state index is 0.943. The highest BCUT2D eigenvalue weighted by Crippen LogP contribution is 2.48. The Morgan fingerprint density at radius 3 is 1.44 bits per heavy atom. The lowest BCUT2D eigenvalue weighted by Gasteiger charge is -2.44. The zero-order valence-corrected chi connectivity index (χ0v) is 18.3. The molecule has 0 saturated heterocycles. The maximum absolute atomic E-state index is 2.30. The molecule has 0 aliphatic heterocycles. The SMILES string of the molecule is Cc1ccc(SC[C@H]2CC[C@H]3C[C@H]2CC[C@@H]3CSc2ccc(C)cc2)cc1. The van der Waals surface area contributed by atoms with Crippen LogP contribution in [0.4, 0.5) is 0 Å². The van der Waals surface area contributed by atoms with Gasteiger partial charge in [0.2, 0.25) is 0 Å². The Labute approximate surface area is 173 Å². The summed E-state index contributed by atoms with van der Waals surface area (Å²) in [5.41, 5.74) is 2.73. The van der Waals surface area contributed by atoms with Crippen molar-refractivity contribution in [1.29, 1.82) is 0 Å². The molecule has 0 amide bonds. The number of hydrogen-bond acceptors (Lipinski definition) is 2. The average Bonchev–Trinajstić information content (AvgIpc) is 2.69. The first-order chi connectivity index (χ1) is 13.2. The first-order valence-corrected chi connectivity index (χ1v) is 12.5. The monoisotopic (exact) mass is 396 g/mol. The molecule has 0 aromatic heterocycles. The van der Waals surface area contributed by atoms with Gasteiger partial charge in [-0.2, -0.15) is 0 Å². The van der Waals surface area contributed by atoms with Crippen LogP contribution in [0.1, 0.15) is 43.2 Å². The molecule has 4 atom stereocenters. The van der Waals surface area contributed by atoms with Gasteiger partial charge in [-0.3, -0.25) is 0 Å². The summed E-state index contributed by atoms with van der Waals surface area (Å²) in [6, 6.07) is 18.2. The largest absolute Gasteiger partial charge is 0.126 e. The van der Waals surface area contributed by atoms with Crippen LogP contribution in [0, 0.1) is 37.5 Å². The van der Waals surface area contributed by atoms with Gasteiger partial charge in [-0.25, -0.2) is 0 Å². The van der Waals surface area contributed by atoms with Crippen LogP contribution in [0.15, 0.2) is 58.3 Å². The third-order valence-corrected chi connectivity index (χ3v) is 9.13. The molecule has 4 rings (SSSR count). The normalized spacial score (nSPS) is 27.5. The van der Waals surface area contributed by atoms with Crippen molar-refractivity contribution in [1.82, 2.24) is 0 Å². The topological polar surface area (TPSA) is 0 Å². The van der Waals surface area contributed by atoms with Crippen LogP contribution in [0.2, 0.25) is 0 Å². The molecule has 2 saturated carbocycles. The number of rotatable bonds is 6. The molecular weight excluding hydrogens is 364 g/mol. The first kappa shape index (κ1) is 19.5. The molecule has 2 aliphatic rings. The fraction of sp³-hybridized carbons (Fsp3) is 0.520. The summed E-state index contributed by atoms with van der Waals surface area (Å²) in [4.78, 5) is 2.90. The Bertz CT molecular complexity index is 655. The van der Waals surface area contributed by atoms with E-state index in [2.05, 4.69) is 85.9 Å². The summed E-state index contributed by atoms with van der Waals surface area (Å²) in [7, 11) is 0. The Hall–Kier alpha value is -0.860. The lowest BCUT2D eigenvalue weighted by atomic mass is 9.63. The van der Waals surface area contributed by atoms with Gasteiger partial charge in [0.1, 0.15) is 0 Å². The van der Waals surface area contributed by atoms with Gasteiger partial charge in [0, 0.05) is 21.3 Å². The smallest absolute Gasteiger partial charge is 0.00722 e. The first-order valence-electron chi connectivity index (χ1n) is 10.6. The molecular formula is C25H32S2. The molecule has 2 aromatic carbocycles. The van der Waals surface area contributed by atoms with Gasteiger partial charge >= 0.3 is 0 Å². The van der Waals surface area contributed by atoms with Gasteiger partial charge in [-0.05, 0) is 93.9 Å². The Kier molecular flexibility index (Phi) is 6.55. The third kappa shape index (κ3) is 5.15. The van der Waals surface area contributed by atoms with E-state index in [1.54, 1.807) is 0 Å². The lowest BCUT2D eigenvalue weighted by Crippen LogP contribution is -2.36. The number of thioether (sulfide) groups is 2. The summed E-state index contributed by atoms with van der Waals surface area (Å²) in [6.45, 7) is 4.34. The summed E-state index contributed by atoms with van der Waals surface area (Å²) in [5, 5.41) is 0. The molecule has 2 aromatic rings. The van der Waals surface area contributed by atoms with Crippen molar-refractivity contribution in [2.45, 2.75) is 55.7 Å². The Balaban J connectivity index is 1.25. The van der Waals surface area contributed by atoms with Gasteiger partial charge in [0.05, 0.1) is 0 Å². The Morgan fingerprint density at radius 1 is 0.630 bits per heavy atom. The minimum absolute atomic E-state index is 0.943. The maximum atomic E-state index is 2.30. The number of benzene rings is 2. The van der Waals surface area contributed by atoms with E-state index in [9.17, 15) is 0 Å². The van der Waals surface area contributed by atoms with Gasteiger partial charge < -0.3 is 0 Å². The van der Waals surface area contributed by atoms with E-state index in [1.807, 2.05) is 0 Å². The van der Waals surface area contributed by atoms with E-state index in [1.165, 1.54) is 64.5 Å². The van der Waals surface area contributed by atoms with Gasteiger partial charge in [0.25, 0.3) is 0 Å². The minimum Gasteiger partial charge on any atom is -0.126 e. The predicted octanol–water partition coefficient (Wildman–Crippen LogP) is 7.63. The van der Waals surface area contributed by atoms with E-state index < -0.39 is 0 Å². The maximum Gasteiger partial charge on any atom is 0.00722 e. The van der Waals surface area contributed by atoms with E-state index in [0.29, 0.717) is 0 Å². The van der Waals surface area contributed by atoms with Crippen molar-refractivity contribution < 1.29 is 0 Å². The number of fused-ring (bicyclic) bond motifs is 2. The second kappa shape index (κ2) is 9.09. The highest BCUT2D eigenvalue weighted by atomic mass is 32.2. The van der Waals surface area contributed by atoms with Gasteiger partial charge in [0.15, 0.2) is 0 Å². The van der Waals surface area contributed by atoms with Crippen LogP contribution >= 0.6 is 23.5 Å². The van der Waals surface area contributed by atoms with Crippen LogP contribution in [-0.2, 0) is 0 Å². The zero-order chi connectivity index (χ0) is 18.6. The highest BCUT2D eigenvalue weighted by molar-refractivity contribution is 7.99. The van der Waals surface area contributed by atoms with Crippen molar-refractivity contribution >= 4 is 23.5 Å². The third-order valence-electron chi connectivity index (χ3n) is 6.73. The molecule has 2 bridgehead atoms. The van der Waals surface area contributed by atoms with Gasteiger partial charge in [-0.1, -0.05) is 35.4 Å². The summed E-state index contributed by atoms with van der Waals surface area (Å²) >= 11 is 4.17. The highest BCUT2D eigenvalue weighted by Gasteiger charge is 2.38. The van der Waals surface area contributed by atoms with Crippen molar-refractivity contribution in [3.8, 4) is 0 Å². The van der Waals surface area contributed by atoms with Gasteiger partial charge in [-0.15, -0.1) is 23.5 Å². The van der Waals surface area contributed by atoms with Crippen molar-refractivity contribution in [3.05, 3.63) is 59.7 Å². The lowest BCUT2D eigenvalue weighted by molar-refractivity contribution is 0.0933. The average molecular weight is 397 g/mol. The van der Waals surface area contributed by atoms with Crippen molar-refractivity contribution in [2.75, 3.05) is 11.5 Å². The molecule has 27 heavy (non-hydrogen) atoms. The molecule has 0 unspecified atom stereocenters. The van der Waals surface area contributed by atoms with Crippen molar-refractivity contribution in [2.24, 2.45) is 23.7 Å². The van der Waals surface area contributed by atoms with Crippen LogP contribution in [0.5, 0.6) is 0 Å². The summed E-state index contributed by atoms with van der Waals surface area (Å²) < 4.78 is 0. The molecule has 2 fully saturated rings. The van der Waals surface area contributed by atoms with Crippen LogP contribution in [-0.4, -0.2) is 11.5 Å². The van der Waals surface area contributed by atoms with E-state index in [4.69, 9.17) is 0 Å². The predicted molar refractivity (Wildman–Crippen MR) is 121 cm³/mol. The number of hydrogen-bond donors (Lipinski definition) is 0. The summed E-state index contributed by atoms with van der Waals surface area (Å²) in [5.74, 6) is 6.51. The standard InChI is InChI=1S/C25H32S2/c1-18-3-11-24(12-4-18)26-16-22-9-7-21-15-20(22)8-10-23(21)17-27-25-13-5-19(2)6-14-25/h3-6,11-14,20-23H,7-10,15-17H2,1-2H3/t20-,21+,22-,23-/m1/s1. The van der Waals surface area contributed by atoms with E-state index in [-0.39, 0.29) is 0 Å². The molecule has 2 heteroatoms. The fourth-order valence-electron chi connectivity index (χ4n) is 4.92. The molecule has 0 spiro atoms.